The number of aromatic nitrogens is 1. The molecule has 3 N–H and O–H groups in total. The van der Waals surface area contributed by atoms with Gasteiger partial charge in [-0.2, -0.15) is 0 Å². The molecule has 7 nitrogen and oxygen atoms in total. The Morgan fingerprint density at radius 2 is 1.93 bits per heavy atom. The highest BCUT2D eigenvalue weighted by molar-refractivity contribution is 5.88. The zero-order valence-electron chi connectivity index (χ0n) is 16.0. The molecule has 8 heteroatoms. The number of halogens is 1. The van der Waals surface area contributed by atoms with E-state index in [1.807, 2.05) is 13.8 Å². The lowest BCUT2D eigenvalue weighted by Gasteiger charge is -2.19. The third kappa shape index (κ3) is 6.53. The summed E-state index contributed by atoms with van der Waals surface area (Å²) in [5.41, 5.74) is 1.29. The number of hydrogen-bond donors (Lipinski definition) is 3. The van der Waals surface area contributed by atoms with Gasteiger partial charge in [-0.15, -0.1) is 0 Å². The molecule has 0 radical (unpaired) electrons. The van der Waals surface area contributed by atoms with E-state index in [9.17, 15) is 14.0 Å². The van der Waals surface area contributed by atoms with Gasteiger partial charge >= 0.3 is 6.09 Å². The molecule has 0 saturated carbocycles. The van der Waals surface area contributed by atoms with Crippen molar-refractivity contribution in [2.75, 3.05) is 11.9 Å². The average molecular weight is 389 g/mol. The van der Waals surface area contributed by atoms with Crippen LogP contribution in [0.2, 0.25) is 0 Å². The topological polar surface area (TPSA) is 101 Å². The summed E-state index contributed by atoms with van der Waals surface area (Å²) in [5.74, 6) is -0.125. The second kappa shape index (κ2) is 9.68. The molecule has 0 aliphatic heterocycles. The normalized spacial score (nSPS) is 11.8. The number of nitrogens with one attached hydrogen (secondary N) is 2. The largest absolute Gasteiger partial charge is 0.488 e. The van der Waals surface area contributed by atoms with Crippen molar-refractivity contribution in [3.8, 4) is 16.9 Å². The lowest BCUT2D eigenvalue weighted by Crippen LogP contribution is -2.39. The van der Waals surface area contributed by atoms with Crippen molar-refractivity contribution >= 4 is 17.8 Å². The number of rotatable bonds is 8. The predicted octanol–water partition coefficient (Wildman–Crippen LogP) is 3.91. The summed E-state index contributed by atoms with van der Waals surface area (Å²) >= 11 is 0. The summed E-state index contributed by atoms with van der Waals surface area (Å²) in [6, 6.07) is 7.42. The van der Waals surface area contributed by atoms with Crippen LogP contribution in [0.15, 0.2) is 36.5 Å². The van der Waals surface area contributed by atoms with Gasteiger partial charge in [0.25, 0.3) is 0 Å². The standard InChI is InChI=1S/C20H24FN3O4/c1-12(2)8-16(24-20(26)27)11-28-18-5-4-14(9-17(18)21)15-6-7-22-19(10-15)23-13(3)25/h4-7,9-10,12,16,24H,8,11H2,1-3H3,(H,26,27)(H,22,23,25). The quantitative estimate of drug-likeness (QED) is 0.636. The molecule has 1 heterocycles. The van der Waals surface area contributed by atoms with Crippen LogP contribution in [-0.2, 0) is 4.79 Å². The third-order valence-corrected chi connectivity index (χ3v) is 3.85. The van der Waals surface area contributed by atoms with Crippen LogP contribution in [-0.4, -0.2) is 34.7 Å². The van der Waals surface area contributed by atoms with Gasteiger partial charge in [0.05, 0.1) is 6.04 Å². The van der Waals surface area contributed by atoms with Gasteiger partial charge in [-0.3, -0.25) is 4.79 Å². The molecule has 0 bridgehead atoms. The fraction of sp³-hybridized carbons (Fsp3) is 0.350. The van der Waals surface area contributed by atoms with E-state index in [4.69, 9.17) is 9.84 Å². The highest BCUT2D eigenvalue weighted by Gasteiger charge is 2.16. The Morgan fingerprint density at radius 1 is 1.21 bits per heavy atom. The number of carboxylic acid groups (broad SMARTS) is 1. The van der Waals surface area contributed by atoms with Crippen LogP contribution in [0.1, 0.15) is 27.2 Å². The van der Waals surface area contributed by atoms with Gasteiger partial charge in [0.1, 0.15) is 12.4 Å². The molecule has 150 valence electrons. The van der Waals surface area contributed by atoms with E-state index in [0.29, 0.717) is 23.4 Å². The first kappa shape index (κ1) is 21.1. The van der Waals surface area contributed by atoms with Gasteiger partial charge in [0.2, 0.25) is 5.91 Å². The number of carbonyl (C=O) groups is 2. The zero-order chi connectivity index (χ0) is 20.7. The Labute approximate surface area is 162 Å². The van der Waals surface area contributed by atoms with E-state index < -0.39 is 18.0 Å². The van der Waals surface area contributed by atoms with E-state index in [2.05, 4.69) is 15.6 Å². The first-order valence-electron chi connectivity index (χ1n) is 8.90. The third-order valence-electron chi connectivity index (χ3n) is 3.85. The van der Waals surface area contributed by atoms with E-state index in [-0.39, 0.29) is 24.2 Å². The van der Waals surface area contributed by atoms with Gasteiger partial charge in [-0.1, -0.05) is 19.9 Å². The number of amides is 2. The number of carbonyl (C=O) groups excluding carboxylic acids is 1. The Kier molecular flexibility index (Phi) is 7.31. The summed E-state index contributed by atoms with van der Waals surface area (Å²) < 4.78 is 20.0. The van der Waals surface area contributed by atoms with E-state index >= 15 is 0 Å². The Hall–Kier alpha value is -3.16. The molecule has 0 aliphatic rings. The Morgan fingerprint density at radius 3 is 2.54 bits per heavy atom. The van der Waals surface area contributed by atoms with Crippen molar-refractivity contribution in [3.63, 3.8) is 0 Å². The summed E-state index contributed by atoms with van der Waals surface area (Å²) in [7, 11) is 0. The van der Waals surface area contributed by atoms with Crippen LogP contribution >= 0.6 is 0 Å². The molecule has 0 fully saturated rings. The predicted molar refractivity (Wildman–Crippen MR) is 104 cm³/mol. The van der Waals surface area contributed by atoms with Crippen LogP contribution in [0, 0.1) is 11.7 Å². The molecule has 0 spiro atoms. The van der Waals surface area contributed by atoms with Gasteiger partial charge in [0, 0.05) is 13.1 Å². The summed E-state index contributed by atoms with van der Waals surface area (Å²) in [6.07, 6.45) is 0.962. The average Bonchev–Trinajstić information content (AvgIpc) is 2.59. The maximum Gasteiger partial charge on any atom is 0.404 e. The number of hydrogen-bond acceptors (Lipinski definition) is 4. The maximum atomic E-state index is 14.5. The van der Waals surface area contributed by atoms with Gasteiger partial charge in [-0.25, -0.2) is 14.2 Å². The lowest BCUT2D eigenvalue weighted by atomic mass is 10.0. The van der Waals surface area contributed by atoms with Crippen molar-refractivity contribution < 1.29 is 23.8 Å². The van der Waals surface area contributed by atoms with Crippen LogP contribution < -0.4 is 15.4 Å². The van der Waals surface area contributed by atoms with Crippen molar-refractivity contribution in [2.24, 2.45) is 5.92 Å². The van der Waals surface area contributed by atoms with Crippen LogP contribution in [0.25, 0.3) is 11.1 Å². The molecule has 2 amide bonds. The SMILES string of the molecule is CC(=O)Nc1cc(-c2ccc(OCC(CC(C)C)NC(=O)O)c(F)c2)ccn1. The summed E-state index contributed by atoms with van der Waals surface area (Å²) in [4.78, 5) is 26.1. The zero-order valence-corrected chi connectivity index (χ0v) is 16.0. The van der Waals surface area contributed by atoms with E-state index in [0.717, 1.165) is 0 Å². The fourth-order valence-corrected chi connectivity index (χ4v) is 2.76. The van der Waals surface area contributed by atoms with Crippen molar-refractivity contribution in [2.45, 2.75) is 33.2 Å². The number of benzene rings is 1. The maximum absolute atomic E-state index is 14.5. The molecule has 28 heavy (non-hydrogen) atoms. The number of ether oxygens (including phenoxy) is 1. The molecule has 1 aromatic carbocycles. The van der Waals surface area contributed by atoms with Crippen LogP contribution in [0.5, 0.6) is 5.75 Å². The minimum Gasteiger partial charge on any atom is -0.488 e. The minimum absolute atomic E-state index is 0.0304. The van der Waals surface area contributed by atoms with E-state index in [1.54, 1.807) is 18.2 Å². The first-order chi connectivity index (χ1) is 13.2. The van der Waals surface area contributed by atoms with Crippen LogP contribution in [0.4, 0.5) is 15.0 Å². The van der Waals surface area contributed by atoms with Crippen molar-refractivity contribution in [1.82, 2.24) is 10.3 Å². The monoisotopic (exact) mass is 389 g/mol. The molecule has 1 atom stereocenters. The van der Waals surface area contributed by atoms with Crippen LogP contribution in [0.3, 0.4) is 0 Å². The van der Waals surface area contributed by atoms with Gasteiger partial charge in [-0.05, 0) is 47.7 Å². The summed E-state index contributed by atoms with van der Waals surface area (Å²) in [5, 5.41) is 13.9. The second-order valence-electron chi connectivity index (χ2n) is 6.84. The molecule has 0 aliphatic carbocycles. The second-order valence-corrected chi connectivity index (χ2v) is 6.84. The van der Waals surface area contributed by atoms with Gasteiger partial charge < -0.3 is 20.5 Å². The summed E-state index contributed by atoms with van der Waals surface area (Å²) in [6.45, 7) is 5.35. The first-order valence-corrected chi connectivity index (χ1v) is 8.90. The minimum atomic E-state index is -1.14. The highest BCUT2D eigenvalue weighted by Crippen LogP contribution is 2.27. The molecule has 0 saturated heterocycles. The molecular formula is C20H24FN3O4. The smallest absolute Gasteiger partial charge is 0.404 e. The highest BCUT2D eigenvalue weighted by atomic mass is 19.1. The van der Waals surface area contributed by atoms with E-state index in [1.165, 1.54) is 25.3 Å². The number of nitrogens with zero attached hydrogens (tertiary/aromatic N) is 1. The Bertz CT molecular complexity index is 842. The van der Waals surface area contributed by atoms with Crippen molar-refractivity contribution in [3.05, 3.63) is 42.3 Å². The number of anilines is 1. The molecular weight excluding hydrogens is 365 g/mol. The van der Waals surface area contributed by atoms with Crippen molar-refractivity contribution in [1.29, 1.82) is 0 Å². The molecule has 1 aromatic heterocycles. The number of pyridine rings is 1. The fourth-order valence-electron chi connectivity index (χ4n) is 2.76. The Balaban J connectivity index is 2.11. The molecule has 1 unspecified atom stereocenters. The molecule has 2 aromatic rings. The van der Waals surface area contributed by atoms with Gasteiger partial charge in [0.15, 0.2) is 11.6 Å². The lowest BCUT2D eigenvalue weighted by molar-refractivity contribution is -0.114. The molecule has 2 rings (SSSR count).